The molecule has 0 spiro atoms. The molecule has 0 bridgehead atoms. The van der Waals surface area contributed by atoms with Crippen LogP contribution in [0.2, 0.25) is 0 Å². The smallest absolute Gasteiger partial charge is 0.254 e. The van der Waals surface area contributed by atoms with Crippen molar-refractivity contribution in [1.82, 2.24) is 16.0 Å². The molecule has 7 nitrogen and oxygen atoms in total. The highest BCUT2D eigenvalue weighted by Crippen LogP contribution is 2.20. The van der Waals surface area contributed by atoms with Gasteiger partial charge in [-0.05, 0) is 50.6 Å². The molecule has 1 atom stereocenters. The number of aliphatic hydroxyl groups excluding tert-OH is 1. The lowest BCUT2D eigenvalue weighted by molar-refractivity contribution is 0.0950. The third-order valence-electron chi connectivity index (χ3n) is 4.20. The predicted octanol–water partition coefficient (Wildman–Crippen LogP) is 2.63. The second-order valence-electron chi connectivity index (χ2n) is 7.14. The summed E-state index contributed by atoms with van der Waals surface area (Å²) in [7, 11) is 0. The summed E-state index contributed by atoms with van der Waals surface area (Å²) in [4.78, 5) is 16.4. The summed E-state index contributed by atoms with van der Waals surface area (Å²) in [6, 6.07) is 13.1. The van der Waals surface area contributed by atoms with Gasteiger partial charge in [0.1, 0.15) is 11.6 Å². The van der Waals surface area contributed by atoms with E-state index < -0.39 is 17.8 Å². The number of nitrogens with one attached hydrogen (secondary N) is 3. The number of hydrogen-bond donors (Lipinski definition) is 4. The van der Waals surface area contributed by atoms with Gasteiger partial charge in [0.05, 0.1) is 24.3 Å². The maximum Gasteiger partial charge on any atom is 0.254 e. The summed E-state index contributed by atoms with van der Waals surface area (Å²) in [5.41, 5.74) is 0.727. The fourth-order valence-electron chi connectivity index (χ4n) is 2.79. The Labute approximate surface area is 182 Å². The van der Waals surface area contributed by atoms with E-state index in [9.17, 15) is 14.3 Å². The number of ether oxygens (including phenoxy) is 1. The van der Waals surface area contributed by atoms with Gasteiger partial charge in [-0.3, -0.25) is 9.79 Å². The SMILES string of the molecule is CCNC(=NCC(O)c1cccc(OC(C)C)c1)NCCNC(=O)c1ccccc1F. The Kier molecular flexibility index (Phi) is 9.77. The van der Waals surface area contributed by atoms with Crippen LogP contribution >= 0.6 is 0 Å². The molecule has 0 saturated heterocycles. The van der Waals surface area contributed by atoms with Crippen LogP contribution < -0.4 is 20.7 Å². The van der Waals surface area contributed by atoms with Crippen molar-refractivity contribution < 1.29 is 19.0 Å². The normalized spacial score (nSPS) is 12.4. The van der Waals surface area contributed by atoms with Gasteiger partial charge in [-0.2, -0.15) is 0 Å². The topological polar surface area (TPSA) is 95.0 Å². The van der Waals surface area contributed by atoms with E-state index in [4.69, 9.17) is 4.74 Å². The van der Waals surface area contributed by atoms with Crippen molar-refractivity contribution in [2.45, 2.75) is 33.0 Å². The average molecular weight is 431 g/mol. The summed E-state index contributed by atoms with van der Waals surface area (Å²) in [5, 5.41) is 19.3. The Morgan fingerprint density at radius 1 is 1.10 bits per heavy atom. The Hall–Kier alpha value is -3.13. The first-order chi connectivity index (χ1) is 14.9. The van der Waals surface area contributed by atoms with Gasteiger partial charge >= 0.3 is 0 Å². The molecule has 0 radical (unpaired) electrons. The molecular formula is C23H31FN4O3. The van der Waals surface area contributed by atoms with Crippen molar-refractivity contribution >= 4 is 11.9 Å². The van der Waals surface area contributed by atoms with Crippen molar-refractivity contribution in [2.24, 2.45) is 4.99 Å². The van der Waals surface area contributed by atoms with Crippen LogP contribution in [0.15, 0.2) is 53.5 Å². The molecule has 2 aromatic carbocycles. The van der Waals surface area contributed by atoms with Crippen LogP contribution in [0.25, 0.3) is 0 Å². The van der Waals surface area contributed by atoms with Gasteiger partial charge in [-0.25, -0.2) is 4.39 Å². The van der Waals surface area contributed by atoms with E-state index >= 15 is 0 Å². The van der Waals surface area contributed by atoms with Gasteiger partial charge in [0.25, 0.3) is 5.91 Å². The van der Waals surface area contributed by atoms with Crippen molar-refractivity contribution in [3.8, 4) is 5.75 Å². The van der Waals surface area contributed by atoms with Crippen LogP contribution in [0.1, 0.15) is 42.8 Å². The molecule has 0 aliphatic carbocycles. The lowest BCUT2D eigenvalue weighted by Gasteiger charge is -2.15. The van der Waals surface area contributed by atoms with Crippen LogP contribution in [-0.2, 0) is 0 Å². The second-order valence-corrected chi connectivity index (χ2v) is 7.14. The molecule has 1 unspecified atom stereocenters. The third kappa shape index (κ3) is 8.25. The van der Waals surface area contributed by atoms with E-state index in [2.05, 4.69) is 20.9 Å². The molecule has 0 fully saturated rings. The van der Waals surface area contributed by atoms with Crippen molar-refractivity contribution in [2.75, 3.05) is 26.2 Å². The zero-order chi connectivity index (χ0) is 22.6. The number of hydrogen-bond acceptors (Lipinski definition) is 4. The maximum atomic E-state index is 13.6. The fraction of sp³-hybridized carbons (Fsp3) is 0.391. The molecule has 8 heteroatoms. The highest BCUT2D eigenvalue weighted by molar-refractivity contribution is 5.94. The largest absolute Gasteiger partial charge is 0.491 e. The number of rotatable bonds is 10. The number of aliphatic imine (C=N–C) groups is 1. The van der Waals surface area contributed by atoms with Gasteiger partial charge in [0.15, 0.2) is 5.96 Å². The van der Waals surface area contributed by atoms with Gasteiger partial charge in [-0.15, -0.1) is 0 Å². The van der Waals surface area contributed by atoms with Crippen molar-refractivity contribution in [1.29, 1.82) is 0 Å². The zero-order valence-electron chi connectivity index (χ0n) is 18.2. The molecule has 4 N–H and O–H groups in total. The Bertz CT molecular complexity index is 873. The molecule has 31 heavy (non-hydrogen) atoms. The molecule has 1 amide bonds. The molecule has 2 rings (SSSR count). The number of carbonyl (C=O) groups excluding carboxylic acids is 1. The van der Waals surface area contributed by atoms with Crippen molar-refractivity contribution in [3.63, 3.8) is 0 Å². The number of halogens is 1. The first kappa shape index (κ1) is 24.1. The van der Waals surface area contributed by atoms with E-state index in [0.717, 1.165) is 5.56 Å². The standard InChI is InChI=1S/C23H31FN4O3/c1-4-25-23(27-13-12-26-22(30)19-10-5-6-11-20(19)24)28-15-21(29)17-8-7-9-18(14-17)31-16(2)3/h5-11,14,16,21,29H,4,12-13,15H2,1-3H3,(H,26,30)(H2,25,27,28). The van der Waals surface area contributed by atoms with E-state index in [1.165, 1.54) is 18.2 Å². The third-order valence-corrected chi connectivity index (χ3v) is 4.20. The van der Waals surface area contributed by atoms with E-state index in [1.54, 1.807) is 12.1 Å². The summed E-state index contributed by atoms with van der Waals surface area (Å²) in [6.07, 6.45) is -0.735. The summed E-state index contributed by atoms with van der Waals surface area (Å²) < 4.78 is 19.3. The van der Waals surface area contributed by atoms with Gasteiger partial charge < -0.3 is 25.8 Å². The van der Waals surface area contributed by atoms with Gasteiger partial charge in [0, 0.05) is 19.6 Å². The number of nitrogens with zero attached hydrogens (tertiary/aromatic N) is 1. The first-order valence-electron chi connectivity index (χ1n) is 10.4. The number of carbonyl (C=O) groups is 1. The highest BCUT2D eigenvalue weighted by atomic mass is 19.1. The molecule has 0 aliphatic heterocycles. The van der Waals surface area contributed by atoms with Gasteiger partial charge in [-0.1, -0.05) is 24.3 Å². The molecule has 168 valence electrons. The molecule has 0 aliphatic rings. The lowest BCUT2D eigenvalue weighted by atomic mass is 10.1. The van der Waals surface area contributed by atoms with E-state index in [-0.39, 0.29) is 24.8 Å². The molecule has 0 heterocycles. The summed E-state index contributed by atoms with van der Waals surface area (Å²) >= 11 is 0. The molecule has 0 aromatic heterocycles. The van der Waals surface area contributed by atoms with Crippen LogP contribution in [0, 0.1) is 5.82 Å². The van der Waals surface area contributed by atoms with Crippen LogP contribution in [-0.4, -0.2) is 49.3 Å². The minimum absolute atomic E-state index is 0.00914. The quantitative estimate of drug-likeness (QED) is 0.264. The van der Waals surface area contributed by atoms with Gasteiger partial charge in [0.2, 0.25) is 0 Å². The first-order valence-corrected chi connectivity index (χ1v) is 10.4. The molecule has 0 saturated carbocycles. The number of benzene rings is 2. The van der Waals surface area contributed by atoms with Crippen molar-refractivity contribution in [3.05, 3.63) is 65.5 Å². The van der Waals surface area contributed by atoms with E-state index in [0.29, 0.717) is 24.8 Å². The highest BCUT2D eigenvalue weighted by Gasteiger charge is 2.11. The van der Waals surface area contributed by atoms with E-state index in [1.807, 2.05) is 39.0 Å². The fourth-order valence-corrected chi connectivity index (χ4v) is 2.79. The second kappa shape index (κ2) is 12.5. The summed E-state index contributed by atoms with van der Waals surface area (Å²) in [6.45, 7) is 7.29. The Balaban J connectivity index is 1.85. The summed E-state index contributed by atoms with van der Waals surface area (Å²) in [5.74, 6) is 0.183. The molecular weight excluding hydrogens is 399 g/mol. The number of amides is 1. The predicted molar refractivity (Wildman–Crippen MR) is 120 cm³/mol. The molecule has 2 aromatic rings. The monoisotopic (exact) mass is 430 g/mol. The number of aliphatic hydroxyl groups is 1. The Morgan fingerprint density at radius 3 is 2.55 bits per heavy atom. The van der Waals surface area contributed by atoms with Crippen LogP contribution in [0.5, 0.6) is 5.75 Å². The Morgan fingerprint density at radius 2 is 1.84 bits per heavy atom. The minimum Gasteiger partial charge on any atom is -0.491 e. The average Bonchev–Trinajstić information content (AvgIpc) is 2.74. The number of guanidine groups is 1. The van der Waals surface area contributed by atoms with Crippen LogP contribution in [0.3, 0.4) is 0 Å². The zero-order valence-corrected chi connectivity index (χ0v) is 18.2. The lowest BCUT2D eigenvalue weighted by Crippen LogP contribution is -2.41. The van der Waals surface area contributed by atoms with Crippen LogP contribution in [0.4, 0.5) is 4.39 Å². The minimum atomic E-state index is -0.785. The maximum absolute atomic E-state index is 13.6.